The molecule has 0 radical (unpaired) electrons. The number of hydrogen-bond donors (Lipinski definition) is 1. The highest BCUT2D eigenvalue weighted by Gasteiger charge is 2.51. The molecule has 136 valence electrons. The molecule has 0 aromatic carbocycles. The maximum atomic E-state index is 13.2. The summed E-state index contributed by atoms with van der Waals surface area (Å²) < 4.78 is 5.57. The second-order valence-corrected chi connectivity index (χ2v) is 8.05. The van der Waals surface area contributed by atoms with Crippen LogP contribution in [0.3, 0.4) is 0 Å². The van der Waals surface area contributed by atoms with Crippen molar-refractivity contribution in [2.75, 3.05) is 52.5 Å². The third kappa shape index (κ3) is 3.75. The van der Waals surface area contributed by atoms with Crippen LogP contribution in [-0.4, -0.2) is 74.1 Å². The predicted octanol–water partition coefficient (Wildman–Crippen LogP) is 0.720. The van der Waals surface area contributed by atoms with Gasteiger partial charge in [-0.1, -0.05) is 13.8 Å². The fourth-order valence-electron chi connectivity index (χ4n) is 4.35. The highest BCUT2D eigenvalue weighted by molar-refractivity contribution is 5.87. The van der Waals surface area contributed by atoms with Crippen LogP contribution in [-0.2, 0) is 14.3 Å². The molecule has 0 aromatic rings. The largest absolute Gasteiger partial charge is 0.381 e. The van der Waals surface area contributed by atoms with Crippen molar-refractivity contribution in [1.82, 2.24) is 15.1 Å². The third-order valence-corrected chi connectivity index (χ3v) is 5.88. The molecule has 0 aromatic heterocycles. The molecule has 3 rings (SSSR count). The first kappa shape index (κ1) is 17.7. The molecule has 24 heavy (non-hydrogen) atoms. The Morgan fingerprint density at radius 1 is 1.38 bits per heavy atom. The van der Waals surface area contributed by atoms with E-state index in [0.29, 0.717) is 19.0 Å². The molecule has 1 atom stereocenters. The lowest BCUT2D eigenvalue weighted by Gasteiger charge is -2.40. The first-order chi connectivity index (χ1) is 11.5. The number of hydrogen-bond acceptors (Lipinski definition) is 4. The van der Waals surface area contributed by atoms with Gasteiger partial charge in [-0.05, 0) is 31.7 Å². The van der Waals surface area contributed by atoms with Crippen LogP contribution >= 0.6 is 0 Å². The van der Waals surface area contributed by atoms with E-state index in [1.165, 1.54) is 6.42 Å². The third-order valence-electron chi connectivity index (χ3n) is 5.88. The summed E-state index contributed by atoms with van der Waals surface area (Å²) in [7, 11) is 0. The average molecular weight is 337 g/mol. The Kier molecular flexibility index (Phi) is 5.45. The van der Waals surface area contributed by atoms with Gasteiger partial charge >= 0.3 is 0 Å². The second kappa shape index (κ2) is 7.40. The van der Waals surface area contributed by atoms with Crippen molar-refractivity contribution in [3.05, 3.63) is 0 Å². The molecule has 6 nitrogen and oxygen atoms in total. The molecular formula is C18H31N3O3. The SMILES string of the molecule is CC(C)CCN1CC(C(=O)N2CCNC(=O)C2)C2(CCOCC2)C1. The molecule has 0 bridgehead atoms. The fourth-order valence-corrected chi connectivity index (χ4v) is 4.35. The van der Waals surface area contributed by atoms with E-state index in [4.69, 9.17) is 4.74 Å². The first-order valence-corrected chi connectivity index (χ1v) is 9.36. The summed E-state index contributed by atoms with van der Waals surface area (Å²) in [4.78, 5) is 29.1. The number of nitrogens with one attached hydrogen (secondary N) is 1. The quantitative estimate of drug-likeness (QED) is 0.821. The number of carbonyl (C=O) groups excluding carboxylic acids is 2. The molecule has 3 heterocycles. The molecule has 1 N–H and O–H groups in total. The van der Waals surface area contributed by atoms with E-state index in [1.807, 2.05) is 0 Å². The lowest BCUT2D eigenvalue weighted by molar-refractivity contribution is -0.145. The van der Waals surface area contributed by atoms with E-state index >= 15 is 0 Å². The van der Waals surface area contributed by atoms with Crippen molar-refractivity contribution in [3.63, 3.8) is 0 Å². The maximum Gasteiger partial charge on any atom is 0.239 e. The van der Waals surface area contributed by atoms with Crippen molar-refractivity contribution in [3.8, 4) is 0 Å². The van der Waals surface area contributed by atoms with E-state index in [1.54, 1.807) is 4.90 Å². The fraction of sp³-hybridized carbons (Fsp3) is 0.889. The summed E-state index contributed by atoms with van der Waals surface area (Å²) in [5.74, 6) is 0.833. The Morgan fingerprint density at radius 3 is 2.79 bits per heavy atom. The van der Waals surface area contributed by atoms with Gasteiger partial charge in [-0.2, -0.15) is 0 Å². The van der Waals surface area contributed by atoms with Gasteiger partial charge in [-0.15, -0.1) is 0 Å². The van der Waals surface area contributed by atoms with Crippen LogP contribution in [0.2, 0.25) is 0 Å². The van der Waals surface area contributed by atoms with Crippen molar-refractivity contribution >= 4 is 11.8 Å². The second-order valence-electron chi connectivity index (χ2n) is 8.05. The maximum absolute atomic E-state index is 13.2. The highest BCUT2D eigenvalue weighted by atomic mass is 16.5. The van der Waals surface area contributed by atoms with Crippen LogP contribution in [0.25, 0.3) is 0 Å². The van der Waals surface area contributed by atoms with Gasteiger partial charge in [0.05, 0.1) is 12.5 Å². The van der Waals surface area contributed by atoms with Gasteiger partial charge in [-0.25, -0.2) is 0 Å². The lowest BCUT2D eigenvalue weighted by Crippen LogP contribution is -2.54. The molecule has 0 saturated carbocycles. The Labute approximate surface area is 144 Å². The van der Waals surface area contributed by atoms with E-state index in [9.17, 15) is 9.59 Å². The van der Waals surface area contributed by atoms with Gasteiger partial charge in [0.2, 0.25) is 11.8 Å². The van der Waals surface area contributed by atoms with E-state index in [-0.39, 0.29) is 29.7 Å². The minimum absolute atomic E-state index is 0.0134. The van der Waals surface area contributed by atoms with Crippen molar-refractivity contribution < 1.29 is 14.3 Å². The summed E-state index contributed by atoms with van der Waals surface area (Å²) >= 11 is 0. The number of carbonyl (C=O) groups is 2. The molecule has 3 saturated heterocycles. The lowest BCUT2D eigenvalue weighted by atomic mass is 9.71. The van der Waals surface area contributed by atoms with Crippen molar-refractivity contribution in [2.45, 2.75) is 33.1 Å². The van der Waals surface area contributed by atoms with Gasteiger partial charge < -0.3 is 19.9 Å². The van der Waals surface area contributed by atoms with Gasteiger partial charge in [-0.3, -0.25) is 9.59 Å². The van der Waals surface area contributed by atoms with Crippen LogP contribution in [0.4, 0.5) is 0 Å². The van der Waals surface area contributed by atoms with E-state index in [2.05, 4.69) is 24.1 Å². The molecule has 3 aliphatic heterocycles. The summed E-state index contributed by atoms with van der Waals surface area (Å²) in [5, 5.41) is 2.81. The molecule has 2 amide bonds. The van der Waals surface area contributed by atoms with Gasteiger partial charge in [0.25, 0.3) is 0 Å². The minimum Gasteiger partial charge on any atom is -0.381 e. The molecule has 1 unspecified atom stereocenters. The molecule has 0 aliphatic carbocycles. The van der Waals surface area contributed by atoms with Crippen molar-refractivity contribution in [1.29, 1.82) is 0 Å². The number of piperazine rings is 1. The Bertz CT molecular complexity index is 474. The molecule has 1 spiro atoms. The van der Waals surface area contributed by atoms with Gasteiger partial charge in [0.15, 0.2) is 0 Å². The number of nitrogens with zero attached hydrogens (tertiary/aromatic N) is 2. The standard InChI is InChI=1S/C18H31N3O3/c1-14(2)3-7-20-11-15(18(13-20)4-9-24-10-5-18)17(23)21-8-6-19-16(22)12-21/h14-15H,3-13H2,1-2H3,(H,19,22). The summed E-state index contributed by atoms with van der Waals surface area (Å²) in [5.41, 5.74) is 0.0419. The smallest absolute Gasteiger partial charge is 0.239 e. The van der Waals surface area contributed by atoms with Gasteiger partial charge in [0, 0.05) is 44.8 Å². The van der Waals surface area contributed by atoms with Crippen LogP contribution in [0, 0.1) is 17.3 Å². The van der Waals surface area contributed by atoms with E-state index < -0.39 is 0 Å². The Hall–Kier alpha value is -1.14. The number of amides is 2. The number of likely N-dealkylation sites (tertiary alicyclic amines) is 1. The van der Waals surface area contributed by atoms with Gasteiger partial charge in [0.1, 0.15) is 0 Å². The normalized spacial score (nSPS) is 27.7. The topological polar surface area (TPSA) is 61.9 Å². The Balaban J connectivity index is 1.72. The minimum atomic E-state index is -0.0368. The van der Waals surface area contributed by atoms with Crippen LogP contribution in [0.15, 0.2) is 0 Å². The predicted molar refractivity (Wildman–Crippen MR) is 91.5 cm³/mol. The van der Waals surface area contributed by atoms with Crippen molar-refractivity contribution in [2.24, 2.45) is 17.3 Å². The number of ether oxygens (including phenoxy) is 1. The zero-order chi connectivity index (χ0) is 17.2. The summed E-state index contributed by atoms with van der Waals surface area (Å²) in [6, 6.07) is 0. The highest BCUT2D eigenvalue weighted by Crippen LogP contribution is 2.45. The molecule has 3 fully saturated rings. The summed E-state index contributed by atoms with van der Waals surface area (Å²) in [6.07, 6.45) is 3.09. The van der Waals surface area contributed by atoms with Crippen LogP contribution in [0.1, 0.15) is 33.1 Å². The Morgan fingerprint density at radius 2 is 2.12 bits per heavy atom. The summed E-state index contributed by atoms with van der Waals surface area (Å²) in [6.45, 7) is 10.3. The molecular weight excluding hydrogens is 306 g/mol. The molecule has 3 aliphatic rings. The van der Waals surface area contributed by atoms with E-state index in [0.717, 1.165) is 45.7 Å². The number of rotatable bonds is 4. The zero-order valence-corrected chi connectivity index (χ0v) is 15.1. The average Bonchev–Trinajstić information content (AvgIpc) is 2.91. The first-order valence-electron chi connectivity index (χ1n) is 9.36. The monoisotopic (exact) mass is 337 g/mol. The van der Waals surface area contributed by atoms with Crippen LogP contribution < -0.4 is 5.32 Å². The zero-order valence-electron chi connectivity index (χ0n) is 15.1. The van der Waals surface area contributed by atoms with Crippen LogP contribution in [0.5, 0.6) is 0 Å². The molecule has 6 heteroatoms.